The number of thioether (sulfide) groups is 1. The zero-order chi connectivity index (χ0) is 20.6. The third-order valence-electron chi connectivity index (χ3n) is 4.53. The molecule has 0 aliphatic carbocycles. The van der Waals surface area contributed by atoms with Crippen molar-refractivity contribution in [2.24, 2.45) is 0 Å². The molecule has 2 aromatic heterocycles. The summed E-state index contributed by atoms with van der Waals surface area (Å²) in [5.74, 6) is 0.802. The van der Waals surface area contributed by atoms with Gasteiger partial charge < -0.3 is 5.32 Å². The van der Waals surface area contributed by atoms with E-state index in [-0.39, 0.29) is 5.91 Å². The van der Waals surface area contributed by atoms with Crippen molar-refractivity contribution in [3.8, 4) is 5.69 Å². The molecule has 4 rings (SSSR count). The molecule has 2 aromatic carbocycles. The lowest BCUT2D eigenvalue weighted by Crippen LogP contribution is -2.12. The third-order valence-corrected chi connectivity index (χ3v) is 5.55. The van der Waals surface area contributed by atoms with Crippen molar-refractivity contribution in [3.63, 3.8) is 0 Å². The van der Waals surface area contributed by atoms with E-state index >= 15 is 0 Å². The fourth-order valence-corrected chi connectivity index (χ4v) is 3.83. The zero-order valence-corrected chi connectivity index (χ0v) is 17.3. The second-order valence-corrected chi connectivity index (χ2v) is 7.83. The van der Waals surface area contributed by atoms with E-state index in [2.05, 4.69) is 21.5 Å². The highest BCUT2D eigenvalue weighted by Crippen LogP contribution is 2.22. The van der Waals surface area contributed by atoms with Crippen molar-refractivity contribution >= 4 is 23.4 Å². The highest BCUT2D eigenvalue weighted by atomic mass is 32.2. The van der Waals surface area contributed by atoms with Gasteiger partial charge in [-0.3, -0.25) is 4.79 Å². The molecule has 0 saturated carbocycles. The Labute approximate surface area is 180 Å². The molecule has 1 N–H and O–H groups in total. The van der Waals surface area contributed by atoms with Gasteiger partial charge in [0.25, 0.3) is 0 Å². The number of amides is 1. The van der Waals surface area contributed by atoms with Crippen LogP contribution in [0.25, 0.3) is 5.69 Å². The number of carbonyl (C=O) groups excluding carboxylic acids is 1. The van der Waals surface area contributed by atoms with Gasteiger partial charge in [-0.05, 0) is 53.9 Å². The maximum atomic E-state index is 12.4. The first-order valence-corrected chi connectivity index (χ1v) is 10.8. The summed E-state index contributed by atoms with van der Waals surface area (Å²) in [5.41, 5.74) is 4.01. The number of hydrogen-bond acceptors (Lipinski definition) is 4. The minimum Gasteiger partial charge on any atom is -0.326 e. The summed E-state index contributed by atoms with van der Waals surface area (Å²) in [4.78, 5) is 16.7. The molecule has 4 aromatic rings. The molecule has 0 spiro atoms. The van der Waals surface area contributed by atoms with Gasteiger partial charge in [0.1, 0.15) is 0 Å². The fourth-order valence-electron chi connectivity index (χ4n) is 3.02. The minimum atomic E-state index is -0.00279. The number of carbonyl (C=O) groups is 1. The quantitative estimate of drug-likeness (QED) is 0.406. The molecule has 30 heavy (non-hydrogen) atoms. The molecular weight excluding hydrogens is 392 g/mol. The Morgan fingerprint density at radius 2 is 1.83 bits per heavy atom. The zero-order valence-electron chi connectivity index (χ0n) is 16.4. The van der Waals surface area contributed by atoms with Gasteiger partial charge >= 0.3 is 0 Å². The van der Waals surface area contributed by atoms with Crippen LogP contribution in [0.1, 0.15) is 17.5 Å². The maximum Gasteiger partial charge on any atom is 0.224 e. The van der Waals surface area contributed by atoms with E-state index in [1.165, 1.54) is 0 Å². The lowest BCUT2D eigenvalue weighted by Gasteiger charge is -2.07. The lowest BCUT2D eigenvalue weighted by atomic mass is 10.2. The first-order chi connectivity index (χ1) is 14.8. The summed E-state index contributed by atoms with van der Waals surface area (Å²) >= 11 is 1.68. The Balaban J connectivity index is 1.28. The summed E-state index contributed by atoms with van der Waals surface area (Å²) in [5, 5.41) is 8.37. The Hall–Kier alpha value is -3.38. The van der Waals surface area contributed by atoms with E-state index in [1.807, 2.05) is 83.8 Å². The first-order valence-electron chi connectivity index (χ1n) is 9.78. The van der Waals surface area contributed by atoms with Crippen LogP contribution in [0, 0.1) is 0 Å². The summed E-state index contributed by atoms with van der Waals surface area (Å²) in [6, 6.07) is 23.8. The summed E-state index contributed by atoms with van der Waals surface area (Å²) < 4.78 is 1.83. The van der Waals surface area contributed by atoms with E-state index in [0.717, 1.165) is 33.3 Å². The number of nitrogens with one attached hydrogen (secondary N) is 1. The molecule has 5 nitrogen and oxygen atoms in total. The molecule has 0 fully saturated rings. The van der Waals surface area contributed by atoms with Crippen LogP contribution < -0.4 is 5.32 Å². The van der Waals surface area contributed by atoms with Gasteiger partial charge in [-0.1, -0.05) is 36.4 Å². The molecule has 2 heterocycles. The van der Waals surface area contributed by atoms with Gasteiger partial charge in [0.2, 0.25) is 5.91 Å². The molecule has 0 atom stereocenters. The average Bonchev–Trinajstić information content (AvgIpc) is 3.27. The van der Waals surface area contributed by atoms with Crippen LogP contribution in [0.5, 0.6) is 0 Å². The van der Waals surface area contributed by atoms with Gasteiger partial charge in [-0.2, -0.15) is 5.10 Å². The van der Waals surface area contributed by atoms with Gasteiger partial charge in [-0.15, -0.1) is 11.8 Å². The average molecular weight is 415 g/mol. The second-order valence-electron chi connectivity index (χ2n) is 6.83. The highest BCUT2D eigenvalue weighted by molar-refractivity contribution is 7.98. The first kappa shape index (κ1) is 19.9. The van der Waals surface area contributed by atoms with Crippen molar-refractivity contribution in [1.29, 1.82) is 0 Å². The van der Waals surface area contributed by atoms with Crippen molar-refractivity contribution < 1.29 is 4.79 Å². The molecular formula is C24H22N4OS. The molecule has 0 bridgehead atoms. The molecule has 0 aliphatic heterocycles. The van der Waals surface area contributed by atoms with E-state index in [1.54, 1.807) is 18.0 Å². The van der Waals surface area contributed by atoms with Crippen LogP contribution in [0.4, 0.5) is 5.69 Å². The smallest absolute Gasteiger partial charge is 0.224 e. The predicted molar refractivity (Wildman–Crippen MR) is 121 cm³/mol. The number of rotatable bonds is 8. The number of nitrogens with zero attached hydrogens (tertiary/aromatic N) is 3. The van der Waals surface area contributed by atoms with E-state index in [9.17, 15) is 4.79 Å². The number of para-hydroxylation sites is 1. The Bertz CT molecular complexity index is 1100. The molecule has 0 saturated heterocycles. The Morgan fingerprint density at radius 3 is 2.67 bits per heavy atom. The summed E-state index contributed by atoms with van der Waals surface area (Å²) in [7, 11) is 0. The van der Waals surface area contributed by atoms with Crippen LogP contribution in [-0.2, 0) is 17.0 Å². The van der Waals surface area contributed by atoms with Crippen molar-refractivity contribution in [3.05, 3.63) is 103 Å². The normalized spacial score (nSPS) is 10.7. The Morgan fingerprint density at radius 1 is 0.967 bits per heavy atom. The molecule has 6 heteroatoms. The van der Waals surface area contributed by atoms with Crippen molar-refractivity contribution in [2.45, 2.75) is 23.6 Å². The largest absolute Gasteiger partial charge is 0.326 e. The van der Waals surface area contributed by atoms with Crippen molar-refractivity contribution in [2.75, 3.05) is 5.32 Å². The maximum absolute atomic E-state index is 12.4. The van der Waals surface area contributed by atoms with Crippen LogP contribution in [0.15, 0.2) is 96.4 Å². The number of anilines is 1. The van der Waals surface area contributed by atoms with Crippen LogP contribution >= 0.6 is 11.8 Å². The highest BCUT2D eigenvalue weighted by Gasteiger charge is 2.07. The third kappa shape index (κ3) is 5.58. The molecule has 1 amide bonds. The number of hydrogen-bond donors (Lipinski definition) is 1. The van der Waals surface area contributed by atoms with E-state index in [4.69, 9.17) is 0 Å². The predicted octanol–water partition coefficient (Wildman–Crippen LogP) is 5.13. The molecule has 0 radical (unpaired) electrons. The number of aromatic nitrogens is 3. The van der Waals surface area contributed by atoms with Crippen LogP contribution in [0.3, 0.4) is 0 Å². The SMILES string of the molecule is O=C(CCc1cnn(-c2ccccc2)c1)Nc1cccc(CSc2ccccn2)c1. The van der Waals surface area contributed by atoms with Crippen LogP contribution in [0.2, 0.25) is 0 Å². The number of pyridine rings is 1. The summed E-state index contributed by atoms with van der Waals surface area (Å²) in [6.07, 6.45) is 6.64. The number of benzene rings is 2. The van der Waals surface area contributed by atoms with Crippen molar-refractivity contribution in [1.82, 2.24) is 14.8 Å². The van der Waals surface area contributed by atoms with Gasteiger partial charge in [0.15, 0.2) is 0 Å². The fraction of sp³-hybridized carbons (Fsp3) is 0.125. The van der Waals surface area contributed by atoms with E-state index < -0.39 is 0 Å². The minimum absolute atomic E-state index is 0.00279. The van der Waals surface area contributed by atoms with Gasteiger partial charge in [0, 0.05) is 30.3 Å². The molecule has 0 aliphatic rings. The second kappa shape index (κ2) is 9.89. The van der Waals surface area contributed by atoms with Gasteiger partial charge in [-0.25, -0.2) is 9.67 Å². The molecule has 0 unspecified atom stereocenters. The number of aryl methyl sites for hydroxylation is 1. The standard InChI is InChI=1S/C24H22N4OS/c29-23(13-12-20-16-26-28(17-20)22-9-2-1-3-10-22)27-21-8-6-7-19(15-21)18-30-24-11-4-5-14-25-24/h1-11,14-17H,12-13,18H2,(H,27,29). The Kier molecular flexibility index (Phi) is 6.57. The van der Waals surface area contributed by atoms with Gasteiger partial charge in [0.05, 0.1) is 16.9 Å². The monoisotopic (exact) mass is 414 g/mol. The topological polar surface area (TPSA) is 59.8 Å². The molecule has 150 valence electrons. The lowest BCUT2D eigenvalue weighted by molar-refractivity contribution is -0.116. The van der Waals surface area contributed by atoms with E-state index in [0.29, 0.717) is 12.8 Å². The summed E-state index contributed by atoms with van der Waals surface area (Å²) in [6.45, 7) is 0. The van der Waals surface area contributed by atoms with Crippen LogP contribution in [-0.4, -0.2) is 20.7 Å².